The number of nitrogens with one attached hydrogen (secondary N) is 2. The van der Waals surface area contributed by atoms with Gasteiger partial charge in [0.1, 0.15) is 0 Å². The Morgan fingerprint density at radius 1 is 1.00 bits per heavy atom. The Bertz CT molecular complexity index is 1020. The fourth-order valence-corrected chi connectivity index (χ4v) is 3.29. The van der Waals surface area contributed by atoms with E-state index in [0.29, 0.717) is 23.4 Å². The first kappa shape index (κ1) is 22.1. The summed E-state index contributed by atoms with van der Waals surface area (Å²) in [4.78, 5) is 36.0. The first-order chi connectivity index (χ1) is 13.7. The van der Waals surface area contributed by atoms with E-state index in [1.54, 1.807) is 37.3 Å². The van der Waals surface area contributed by atoms with Crippen LogP contribution >= 0.6 is 0 Å². The van der Waals surface area contributed by atoms with E-state index in [-0.39, 0.29) is 17.2 Å². The van der Waals surface area contributed by atoms with Crippen LogP contribution in [0.3, 0.4) is 0 Å². The van der Waals surface area contributed by atoms with Gasteiger partial charge in [-0.2, -0.15) is 0 Å². The van der Waals surface area contributed by atoms with Gasteiger partial charge in [0, 0.05) is 24.1 Å². The molecule has 154 valence electrons. The van der Waals surface area contributed by atoms with E-state index in [2.05, 4.69) is 10.6 Å². The average molecular weight is 418 g/mol. The molecule has 0 saturated carbocycles. The summed E-state index contributed by atoms with van der Waals surface area (Å²) >= 11 is 0. The first-order valence-electron chi connectivity index (χ1n) is 8.80. The summed E-state index contributed by atoms with van der Waals surface area (Å²) in [6.07, 6.45) is 1.10. The predicted octanol–water partition coefficient (Wildman–Crippen LogP) is 1.78. The summed E-state index contributed by atoms with van der Waals surface area (Å²) in [5, 5.41) is 5.21. The number of anilines is 1. The fourth-order valence-electron chi connectivity index (χ4n) is 2.50. The molecule has 0 spiro atoms. The highest BCUT2D eigenvalue weighted by Gasteiger charge is 2.13. The summed E-state index contributed by atoms with van der Waals surface area (Å²) in [5.41, 5.74) is 1.39. The average Bonchev–Trinajstić information content (AvgIpc) is 2.65. The van der Waals surface area contributed by atoms with Crippen LogP contribution in [0, 0.1) is 0 Å². The maximum absolute atomic E-state index is 12.1. The zero-order valence-corrected chi connectivity index (χ0v) is 16.9. The van der Waals surface area contributed by atoms with Crippen molar-refractivity contribution in [2.45, 2.75) is 12.7 Å². The van der Waals surface area contributed by atoms with Gasteiger partial charge in [0.25, 0.3) is 11.8 Å². The molecule has 2 N–H and O–H groups in total. The molecule has 0 bridgehead atoms. The molecule has 0 aromatic heterocycles. The summed E-state index contributed by atoms with van der Waals surface area (Å²) in [6, 6.07) is 12.4. The third kappa shape index (κ3) is 7.38. The van der Waals surface area contributed by atoms with Crippen molar-refractivity contribution in [2.24, 2.45) is 0 Å². The number of carbonyl (C=O) groups is 3. The maximum Gasteiger partial charge on any atom is 0.338 e. The number of hydrogen-bond donors (Lipinski definition) is 2. The van der Waals surface area contributed by atoms with Crippen LogP contribution in [0.2, 0.25) is 0 Å². The molecule has 0 saturated heterocycles. The van der Waals surface area contributed by atoms with Crippen LogP contribution in [0.25, 0.3) is 0 Å². The third-order valence-corrected chi connectivity index (χ3v) is 4.53. The number of amides is 2. The second-order valence-corrected chi connectivity index (χ2v) is 8.48. The molecule has 0 aliphatic rings. The van der Waals surface area contributed by atoms with Gasteiger partial charge >= 0.3 is 5.97 Å². The third-order valence-electron chi connectivity index (χ3n) is 3.67. The normalized spacial score (nSPS) is 10.8. The summed E-state index contributed by atoms with van der Waals surface area (Å²) < 4.78 is 27.7. The lowest BCUT2D eigenvalue weighted by Gasteiger charge is -2.09. The molecule has 0 atom stereocenters. The lowest BCUT2D eigenvalue weighted by molar-refractivity contribution is -0.119. The second kappa shape index (κ2) is 9.83. The fraction of sp³-hybridized carbons (Fsp3) is 0.250. The molecular weight excluding hydrogens is 396 g/mol. The molecule has 0 heterocycles. The van der Waals surface area contributed by atoms with Crippen molar-refractivity contribution in [3.63, 3.8) is 0 Å². The monoisotopic (exact) mass is 418 g/mol. The molecule has 0 aliphatic carbocycles. The highest BCUT2D eigenvalue weighted by molar-refractivity contribution is 7.89. The zero-order valence-electron chi connectivity index (χ0n) is 16.1. The number of ether oxygens (including phenoxy) is 1. The van der Waals surface area contributed by atoms with E-state index < -0.39 is 28.3 Å². The van der Waals surface area contributed by atoms with Crippen molar-refractivity contribution in [1.29, 1.82) is 0 Å². The van der Waals surface area contributed by atoms with Crippen molar-refractivity contribution in [3.8, 4) is 0 Å². The Kier molecular flexibility index (Phi) is 7.49. The van der Waals surface area contributed by atoms with Crippen molar-refractivity contribution < 1.29 is 27.5 Å². The Hall–Kier alpha value is -3.20. The highest BCUT2D eigenvalue weighted by Crippen LogP contribution is 2.12. The van der Waals surface area contributed by atoms with E-state index in [4.69, 9.17) is 4.74 Å². The van der Waals surface area contributed by atoms with E-state index >= 15 is 0 Å². The van der Waals surface area contributed by atoms with Crippen molar-refractivity contribution >= 4 is 33.3 Å². The lowest BCUT2D eigenvalue weighted by atomic mass is 10.1. The number of esters is 1. The Morgan fingerprint density at radius 2 is 1.69 bits per heavy atom. The molecule has 9 heteroatoms. The maximum atomic E-state index is 12.1. The van der Waals surface area contributed by atoms with Crippen LogP contribution in [-0.2, 0) is 25.1 Å². The molecule has 0 unspecified atom stereocenters. The number of carbonyl (C=O) groups excluding carboxylic acids is 3. The van der Waals surface area contributed by atoms with Gasteiger partial charge in [0.15, 0.2) is 16.4 Å². The molecule has 8 nitrogen and oxygen atoms in total. The van der Waals surface area contributed by atoms with E-state index in [0.717, 1.165) is 6.26 Å². The Labute approximate surface area is 169 Å². The molecule has 29 heavy (non-hydrogen) atoms. The van der Waals surface area contributed by atoms with Crippen LogP contribution in [0.1, 0.15) is 33.2 Å². The highest BCUT2D eigenvalue weighted by atomic mass is 32.2. The van der Waals surface area contributed by atoms with E-state index in [1.165, 1.54) is 18.2 Å². The van der Waals surface area contributed by atoms with Gasteiger partial charge < -0.3 is 15.4 Å². The number of rotatable bonds is 8. The molecule has 0 radical (unpaired) electrons. The Morgan fingerprint density at radius 3 is 2.38 bits per heavy atom. The van der Waals surface area contributed by atoms with E-state index in [9.17, 15) is 22.8 Å². The van der Waals surface area contributed by atoms with Crippen molar-refractivity contribution in [2.75, 3.05) is 24.7 Å². The first-order valence-corrected chi connectivity index (χ1v) is 10.9. The molecular formula is C20H22N2O6S. The van der Waals surface area contributed by atoms with Crippen LogP contribution < -0.4 is 10.6 Å². The van der Waals surface area contributed by atoms with Crippen LogP contribution in [0.4, 0.5) is 5.69 Å². The molecule has 0 fully saturated rings. The molecule has 2 amide bonds. The van der Waals surface area contributed by atoms with Crippen molar-refractivity contribution in [3.05, 3.63) is 65.2 Å². The summed E-state index contributed by atoms with van der Waals surface area (Å²) in [6.45, 7) is 1.76. The van der Waals surface area contributed by atoms with Crippen LogP contribution in [0.5, 0.6) is 0 Å². The number of hydrogen-bond acceptors (Lipinski definition) is 6. The van der Waals surface area contributed by atoms with Crippen LogP contribution in [0.15, 0.2) is 48.5 Å². The standard InChI is InChI=1S/C20H22N2O6S/c1-3-21-19(24)15-7-5-9-17(11-15)22-18(23)12-28-20(25)16-8-4-6-14(10-16)13-29(2,26)27/h4-11H,3,12-13H2,1-2H3,(H,21,24)(H,22,23). The minimum atomic E-state index is -3.24. The topological polar surface area (TPSA) is 119 Å². The minimum absolute atomic E-state index is 0.150. The summed E-state index contributed by atoms with van der Waals surface area (Å²) in [5.74, 6) is -1.77. The predicted molar refractivity (Wildman–Crippen MR) is 108 cm³/mol. The van der Waals surface area contributed by atoms with Gasteiger partial charge in [-0.05, 0) is 42.8 Å². The number of benzene rings is 2. The van der Waals surface area contributed by atoms with Crippen molar-refractivity contribution in [1.82, 2.24) is 5.32 Å². The van der Waals surface area contributed by atoms with Gasteiger partial charge in [-0.3, -0.25) is 9.59 Å². The SMILES string of the molecule is CCNC(=O)c1cccc(NC(=O)COC(=O)c2cccc(CS(C)(=O)=O)c2)c1. The smallest absolute Gasteiger partial charge is 0.338 e. The van der Waals surface area contributed by atoms with Gasteiger partial charge in [0.2, 0.25) is 0 Å². The molecule has 0 aliphatic heterocycles. The van der Waals surface area contributed by atoms with Gasteiger partial charge in [-0.1, -0.05) is 18.2 Å². The molecule has 2 rings (SSSR count). The number of sulfone groups is 1. The largest absolute Gasteiger partial charge is 0.452 e. The zero-order chi connectivity index (χ0) is 21.4. The van der Waals surface area contributed by atoms with E-state index in [1.807, 2.05) is 0 Å². The second-order valence-electron chi connectivity index (χ2n) is 6.34. The lowest BCUT2D eigenvalue weighted by Crippen LogP contribution is -2.23. The summed E-state index contributed by atoms with van der Waals surface area (Å²) in [7, 11) is -3.24. The molecule has 2 aromatic carbocycles. The molecule has 2 aromatic rings. The Balaban J connectivity index is 1.94. The quantitative estimate of drug-likeness (QED) is 0.631. The van der Waals surface area contributed by atoms with Crippen LogP contribution in [-0.4, -0.2) is 45.6 Å². The van der Waals surface area contributed by atoms with Gasteiger partial charge in [0.05, 0.1) is 11.3 Å². The van der Waals surface area contributed by atoms with Gasteiger partial charge in [-0.25, -0.2) is 13.2 Å². The minimum Gasteiger partial charge on any atom is -0.452 e. The van der Waals surface area contributed by atoms with Gasteiger partial charge in [-0.15, -0.1) is 0 Å².